The lowest BCUT2D eigenvalue weighted by molar-refractivity contribution is -0.122. The van der Waals surface area contributed by atoms with E-state index in [1.54, 1.807) is 12.1 Å². The van der Waals surface area contributed by atoms with Crippen LogP contribution in [0.5, 0.6) is 5.75 Å². The summed E-state index contributed by atoms with van der Waals surface area (Å²) in [6.45, 7) is 3.06. The Labute approximate surface area is 146 Å². The van der Waals surface area contributed by atoms with Gasteiger partial charge in [0.15, 0.2) is 5.82 Å². The topological polar surface area (TPSA) is 69.0 Å². The number of amides is 1. The fourth-order valence-electron chi connectivity index (χ4n) is 3.00. The van der Waals surface area contributed by atoms with Crippen LogP contribution >= 0.6 is 0 Å². The summed E-state index contributed by atoms with van der Waals surface area (Å²) in [4.78, 5) is 12.1. The van der Waals surface area contributed by atoms with E-state index in [1.807, 2.05) is 6.92 Å². The monoisotopic (exact) mass is 346 g/mol. The highest BCUT2D eigenvalue weighted by Gasteiger charge is 2.20. The van der Waals surface area contributed by atoms with Crippen molar-refractivity contribution in [1.82, 2.24) is 20.1 Å². The molecule has 1 amide bonds. The second-order valence-electron chi connectivity index (χ2n) is 6.28. The molecule has 2 aromatic rings. The van der Waals surface area contributed by atoms with Gasteiger partial charge in [-0.2, -0.15) is 0 Å². The van der Waals surface area contributed by atoms with E-state index in [2.05, 4.69) is 20.1 Å². The van der Waals surface area contributed by atoms with E-state index in [9.17, 15) is 9.18 Å². The SMILES string of the molecule is C[C@H](NC(=O)CCOc1ccc(F)cc1)c1nnc2n1CCCCC2. The lowest BCUT2D eigenvalue weighted by atomic mass is 10.2. The molecule has 0 radical (unpaired) electrons. The van der Waals surface area contributed by atoms with E-state index >= 15 is 0 Å². The molecule has 25 heavy (non-hydrogen) atoms. The molecule has 1 aromatic carbocycles. The van der Waals surface area contributed by atoms with Gasteiger partial charge in [0, 0.05) is 13.0 Å². The number of fused-ring (bicyclic) bond motifs is 1. The van der Waals surface area contributed by atoms with Gasteiger partial charge in [-0.3, -0.25) is 4.79 Å². The van der Waals surface area contributed by atoms with E-state index in [-0.39, 0.29) is 30.8 Å². The summed E-state index contributed by atoms with van der Waals surface area (Å²) in [5.74, 6) is 1.94. The highest BCUT2D eigenvalue weighted by atomic mass is 19.1. The van der Waals surface area contributed by atoms with Crippen molar-refractivity contribution >= 4 is 5.91 Å². The molecule has 0 spiro atoms. The first-order chi connectivity index (χ1) is 12.1. The van der Waals surface area contributed by atoms with Crippen LogP contribution in [0.3, 0.4) is 0 Å². The third-order valence-electron chi connectivity index (χ3n) is 4.31. The molecule has 0 bridgehead atoms. The average Bonchev–Trinajstić information content (AvgIpc) is 2.85. The fraction of sp³-hybridized carbons (Fsp3) is 0.500. The van der Waals surface area contributed by atoms with Gasteiger partial charge in [0.2, 0.25) is 5.91 Å². The number of rotatable bonds is 6. The average molecular weight is 346 g/mol. The van der Waals surface area contributed by atoms with Crippen LogP contribution in [0.2, 0.25) is 0 Å². The van der Waals surface area contributed by atoms with E-state index in [4.69, 9.17) is 4.74 Å². The molecule has 1 atom stereocenters. The zero-order valence-corrected chi connectivity index (χ0v) is 14.4. The van der Waals surface area contributed by atoms with Gasteiger partial charge in [-0.15, -0.1) is 10.2 Å². The van der Waals surface area contributed by atoms with Crippen molar-refractivity contribution in [2.45, 2.75) is 51.6 Å². The van der Waals surface area contributed by atoms with Gasteiger partial charge in [0.1, 0.15) is 17.4 Å². The number of aromatic nitrogens is 3. The zero-order valence-electron chi connectivity index (χ0n) is 14.4. The predicted octanol–water partition coefficient (Wildman–Crippen LogP) is 2.79. The number of carbonyl (C=O) groups excluding carboxylic acids is 1. The smallest absolute Gasteiger partial charge is 0.224 e. The van der Waals surface area contributed by atoms with E-state index in [0.29, 0.717) is 5.75 Å². The van der Waals surface area contributed by atoms with E-state index < -0.39 is 0 Å². The van der Waals surface area contributed by atoms with Gasteiger partial charge in [0.05, 0.1) is 19.1 Å². The molecule has 134 valence electrons. The Morgan fingerprint density at radius 1 is 1.28 bits per heavy atom. The standard InChI is InChI=1S/C18H23FN4O2/c1-13(18-22-21-16-5-3-2-4-11-23(16)18)20-17(24)10-12-25-15-8-6-14(19)7-9-15/h6-9,13H,2-5,10-12H2,1H3,(H,20,24)/t13-/m0/s1. The largest absolute Gasteiger partial charge is 0.493 e. The first kappa shape index (κ1) is 17.4. The normalized spacial score (nSPS) is 15.1. The molecule has 0 aliphatic carbocycles. The van der Waals surface area contributed by atoms with Gasteiger partial charge >= 0.3 is 0 Å². The predicted molar refractivity (Wildman–Crippen MR) is 90.6 cm³/mol. The Morgan fingerprint density at radius 3 is 2.88 bits per heavy atom. The molecule has 1 aromatic heterocycles. The molecule has 3 rings (SSSR count). The van der Waals surface area contributed by atoms with Gasteiger partial charge < -0.3 is 14.6 Å². The quantitative estimate of drug-likeness (QED) is 0.873. The first-order valence-corrected chi connectivity index (χ1v) is 8.73. The van der Waals surface area contributed by atoms with Crippen LogP contribution in [0, 0.1) is 5.82 Å². The summed E-state index contributed by atoms with van der Waals surface area (Å²) >= 11 is 0. The highest BCUT2D eigenvalue weighted by Crippen LogP contribution is 2.18. The third-order valence-corrected chi connectivity index (χ3v) is 4.31. The summed E-state index contributed by atoms with van der Waals surface area (Å²) < 4.78 is 20.4. The minimum absolute atomic E-state index is 0.111. The molecule has 1 N–H and O–H groups in total. The second kappa shape index (κ2) is 8.09. The van der Waals surface area contributed by atoms with Crippen LogP contribution in [-0.2, 0) is 17.8 Å². The van der Waals surface area contributed by atoms with Crippen molar-refractivity contribution in [3.63, 3.8) is 0 Å². The number of benzene rings is 1. The Kier molecular flexibility index (Phi) is 5.63. The number of hydrogen-bond donors (Lipinski definition) is 1. The number of nitrogens with zero attached hydrogens (tertiary/aromatic N) is 3. The van der Waals surface area contributed by atoms with Crippen molar-refractivity contribution < 1.29 is 13.9 Å². The number of halogens is 1. The summed E-state index contributed by atoms with van der Waals surface area (Å²) in [5.41, 5.74) is 0. The number of carbonyl (C=O) groups is 1. The maximum atomic E-state index is 12.8. The molecule has 1 aliphatic rings. The summed E-state index contributed by atoms with van der Waals surface area (Å²) in [6.07, 6.45) is 4.62. The van der Waals surface area contributed by atoms with Crippen LogP contribution < -0.4 is 10.1 Å². The maximum Gasteiger partial charge on any atom is 0.224 e. The van der Waals surface area contributed by atoms with Crippen LogP contribution in [-0.4, -0.2) is 27.3 Å². The summed E-state index contributed by atoms with van der Waals surface area (Å²) in [6, 6.07) is 5.55. The van der Waals surface area contributed by atoms with Gasteiger partial charge in [-0.25, -0.2) is 4.39 Å². The summed E-state index contributed by atoms with van der Waals surface area (Å²) in [7, 11) is 0. The molecule has 0 unspecified atom stereocenters. The Morgan fingerprint density at radius 2 is 2.08 bits per heavy atom. The molecule has 0 saturated carbocycles. The van der Waals surface area contributed by atoms with E-state index in [0.717, 1.165) is 37.5 Å². The van der Waals surface area contributed by atoms with Crippen molar-refractivity contribution in [2.24, 2.45) is 0 Å². The van der Waals surface area contributed by atoms with Crippen molar-refractivity contribution in [3.8, 4) is 5.75 Å². The third kappa shape index (κ3) is 4.55. The minimum Gasteiger partial charge on any atom is -0.493 e. The molecular formula is C18H23FN4O2. The zero-order chi connectivity index (χ0) is 17.6. The Bertz CT molecular complexity index is 714. The minimum atomic E-state index is -0.314. The van der Waals surface area contributed by atoms with Crippen molar-refractivity contribution in [2.75, 3.05) is 6.61 Å². The molecule has 2 heterocycles. The van der Waals surface area contributed by atoms with Crippen LogP contribution in [0.15, 0.2) is 24.3 Å². The van der Waals surface area contributed by atoms with Gasteiger partial charge in [-0.05, 0) is 44.0 Å². The summed E-state index contributed by atoms with van der Waals surface area (Å²) in [5, 5.41) is 11.5. The highest BCUT2D eigenvalue weighted by molar-refractivity contribution is 5.76. The van der Waals surface area contributed by atoms with Crippen LogP contribution in [0.4, 0.5) is 4.39 Å². The molecule has 0 saturated heterocycles. The number of nitrogens with one attached hydrogen (secondary N) is 1. The first-order valence-electron chi connectivity index (χ1n) is 8.73. The van der Waals surface area contributed by atoms with Crippen molar-refractivity contribution in [3.05, 3.63) is 41.7 Å². The maximum absolute atomic E-state index is 12.8. The van der Waals surface area contributed by atoms with Gasteiger partial charge in [-0.1, -0.05) is 6.42 Å². The van der Waals surface area contributed by atoms with Crippen LogP contribution in [0.25, 0.3) is 0 Å². The lowest BCUT2D eigenvalue weighted by Gasteiger charge is -2.15. The number of ether oxygens (including phenoxy) is 1. The molecule has 6 nitrogen and oxygen atoms in total. The number of aryl methyl sites for hydroxylation is 1. The lowest BCUT2D eigenvalue weighted by Crippen LogP contribution is -2.30. The Hall–Kier alpha value is -2.44. The van der Waals surface area contributed by atoms with Gasteiger partial charge in [0.25, 0.3) is 0 Å². The van der Waals surface area contributed by atoms with Crippen LogP contribution in [0.1, 0.15) is 50.3 Å². The Balaban J connectivity index is 1.49. The fourth-order valence-corrected chi connectivity index (χ4v) is 3.00. The molecule has 1 aliphatic heterocycles. The molecule has 7 heteroatoms. The van der Waals surface area contributed by atoms with Crippen molar-refractivity contribution in [1.29, 1.82) is 0 Å². The number of hydrogen-bond acceptors (Lipinski definition) is 4. The molecular weight excluding hydrogens is 323 g/mol. The molecule has 0 fully saturated rings. The van der Waals surface area contributed by atoms with E-state index in [1.165, 1.54) is 18.6 Å². The second-order valence-corrected chi connectivity index (χ2v) is 6.28.